The van der Waals surface area contributed by atoms with Crippen LogP contribution >= 0.6 is 0 Å². The van der Waals surface area contributed by atoms with Gasteiger partial charge < -0.3 is 14.2 Å². The normalized spacial score (nSPS) is 13.2. The Morgan fingerprint density at radius 3 is 0.871 bits per heavy atom. The lowest BCUT2D eigenvalue weighted by molar-refractivity contribution is -0.167. The second kappa shape index (κ2) is 56.9. The number of esters is 3. The summed E-state index contributed by atoms with van der Waals surface area (Å²) in [5, 5.41) is 0. The van der Waals surface area contributed by atoms with Crippen molar-refractivity contribution in [3.05, 3.63) is 146 Å². The molecule has 0 saturated carbocycles. The van der Waals surface area contributed by atoms with Gasteiger partial charge in [-0.25, -0.2) is 0 Å². The highest BCUT2D eigenvalue weighted by molar-refractivity contribution is 5.71. The number of carbonyl (C=O) groups is 3. The summed E-state index contributed by atoms with van der Waals surface area (Å²) in [6.07, 6.45) is 81.3. The van der Waals surface area contributed by atoms with Crippen LogP contribution in [0.5, 0.6) is 0 Å². The van der Waals surface area contributed by atoms with Crippen LogP contribution in [0.3, 0.4) is 0 Å². The molecule has 0 aromatic rings. The fourth-order valence-electron chi connectivity index (χ4n) is 6.98. The highest BCUT2D eigenvalue weighted by Gasteiger charge is 2.19. The first-order valence-corrected chi connectivity index (χ1v) is 27.8. The highest BCUT2D eigenvalue weighted by atomic mass is 16.6. The van der Waals surface area contributed by atoms with E-state index in [2.05, 4.69) is 167 Å². The minimum absolute atomic E-state index is 0.107. The predicted molar refractivity (Wildman–Crippen MR) is 302 cm³/mol. The third kappa shape index (κ3) is 54.2. The maximum absolute atomic E-state index is 12.8. The number of hydrogen-bond acceptors (Lipinski definition) is 6. The largest absolute Gasteiger partial charge is 0.462 e. The first kappa shape index (κ1) is 65.3. The molecule has 0 aliphatic rings. The molecule has 1 atom stereocenters. The first-order valence-electron chi connectivity index (χ1n) is 27.8. The average Bonchev–Trinajstić information content (AvgIpc) is 3.36. The topological polar surface area (TPSA) is 78.9 Å². The van der Waals surface area contributed by atoms with Crippen molar-refractivity contribution in [2.45, 2.75) is 226 Å². The lowest BCUT2D eigenvalue weighted by Gasteiger charge is -2.18. The lowest BCUT2D eigenvalue weighted by Crippen LogP contribution is -2.30. The number of unbranched alkanes of at least 4 members (excludes halogenated alkanes) is 13. The summed E-state index contributed by atoms with van der Waals surface area (Å²) in [4.78, 5) is 38.0. The van der Waals surface area contributed by atoms with E-state index < -0.39 is 6.10 Å². The Balaban J connectivity index is 4.42. The third-order valence-electron chi connectivity index (χ3n) is 11.1. The Morgan fingerprint density at radius 1 is 0.300 bits per heavy atom. The molecule has 0 rings (SSSR count). The summed E-state index contributed by atoms with van der Waals surface area (Å²) in [7, 11) is 0. The Morgan fingerprint density at radius 2 is 0.557 bits per heavy atom. The molecule has 70 heavy (non-hydrogen) atoms. The van der Waals surface area contributed by atoms with Crippen LogP contribution < -0.4 is 0 Å². The van der Waals surface area contributed by atoms with E-state index in [9.17, 15) is 14.4 Å². The molecule has 0 N–H and O–H groups in total. The third-order valence-corrected chi connectivity index (χ3v) is 11.1. The zero-order chi connectivity index (χ0) is 50.7. The van der Waals surface area contributed by atoms with E-state index in [4.69, 9.17) is 14.2 Å². The van der Waals surface area contributed by atoms with Crippen LogP contribution in [-0.4, -0.2) is 37.2 Å². The van der Waals surface area contributed by atoms with Crippen LogP contribution in [0.25, 0.3) is 0 Å². The molecule has 0 fully saturated rings. The van der Waals surface area contributed by atoms with Gasteiger partial charge in [0.15, 0.2) is 6.10 Å². The summed E-state index contributed by atoms with van der Waals surface area (Å²) >= 11 is 0. The van der Waals surface area contributed by atoms with E-state index in [0.29, 0.717) is 19.3 Å². The molecule has 392 valence electrons. The summed E-state index contributed by atoms with van der Waals surface area (Å²) < 4.78 is 16.7. The highest BCUT2D eigenvalue weighted by Crippen LogP contribution is 2.12. The lowest BCUT2D eigenvalue weighted by atomic mass is 10.1. The van der Waals surface area contributed by atoms with Gasteiger partial charge in [-0.15, -0.1) is 0 Å². The Bertz CT molecular complexity index is 1580. The van der Waals surface area contributed by atoms with E-state index in [1.807, 2.05) is 0 Å². The van der Waals surface area contributed by atoms with Gasteiger partial charge in [-0.05, 0) is 122 Å². The molecule has 0 radical (unpaired) electrons. The Kier molecular flexibility index (Phi) is 53.0. The summed E-state index contributed by atoms with van der Waals surface area (Å²) in [6.45, 7) is 6.30. The van der Waals surface area contributed by atoms with E-state index in [1.54, 1.807) is 0 Å². The Labute approximate surface area is 429 Å². The second-order valence-electron chi connectivity index (χ2n) is 17.7. The molecule has 0 heterocycles. The number of allylic oxidation sites excluding steroid dienone is 24. The van der Waals surface area contributed by atoms with Gasteiger partial charge in [0.05, 0.1) is 0 Å². The molecule has 0 aliphatic heterocycles. The molecular formula is C64H100O6. The van der Waals surface area contributed by atoms with E-state index in [0.717, 1.165) is 141 Å². The summed E-state index contributed by atoms with van der Waals surface area (Å²) in [6, 6.07) is 0. The smallest absolute Gasteiger partial charge is 0.306 e. The molecule has 0 bridgehead atoms. The van der Waals surface area contributed by atoms with Crippen molar-refractivity contribution in [1.82, 2.24) is 0 Å². The maximum Gasteiger partial charge on any atom is 0.306 e. The van der Waals surface area contributed by atoms with Gasteiger partial charge in [-0.1, -0.05) is 224 Å². The van der Waals surface area contributed by atoms with Crippen molar-refractivity contribution in [2.75, 3.05) is 13.2 Å². The molecule has 0 aromatic carbocycles. The molecule has 6 nitrogen and oxygen atoms in total. The van der Waals surface area contributed by atoms with Crippen molar-refractivity contribution < 1.29 is 28.6 Å². The van der Waals surface area contributed by atoms with Crippen molar-refractivity contribution in [2.24, 2.45) is 0 Å². The SMILES string of the molecule is CC/C=C\C/C=C\C/C=C\C/C=C\C/C=C\C/C=C\C/C=C\CCCCCC(=O)OCC(COC(=O)CCCCCCCCCC)OC(=O)CCCCC/C=C\C/C=C\C/C=C\C/C=C\C/C=C\CC. The van der Waals surface area contributed by atoms with Crippen molar-refractivity contribution in [1.29, 1.82) is 0 Å². The minimum Gasteiger partial charge on any atom is -0.462 e. The fourth-order valence-corrected chi connectivity index (χ4v) is 6.98. The molecule has 0 aromatic heterocycles. The molecule has 0 aliphatic carbocycles. The van der Waals surface area contributed by atoms with Gasteiger partial charge in [-0.2, -0.15) is 0 Å². The monoisotopic (exact) mass is 965 g/mol. The number of carbonyl (C=O) groups excluding carboxylic acids is 3. The second-order valence-corrected chi connectivity index (χ2v) is 17.7. The zero-order valence-electron chi connectivity index (χ0n) is 44.7. The van der Waals surface area contributed by atoms with Gasteiger partial charge in [0.1, 0.15) is 13.2 Å². The average molecular weight is 965 g/mol. The van der Waals surface area contributed by atoms with Gasteiger partial charge in [0.25, 0.3) is 0 Å². The molecule has 0 amide bonds. The zero-order valence-corrected chi connectivity index (χ0v) is 44.7. The summed E-state index contributed by atoms with van der Waals surface area (Å²) in [5.74, 6) is -0.988. The van der Waals surface area contributed by atoms with Gasteiger partial charge >= 0.3 is 17.9 Å². The van der Waals surface area contributed by atoms with Crippen molar-refractivity contribution in [3.8, 4) is 0 Å². The molecule has 6 heteroatoms. The van der Waals surface area contributed by atoms with E-state index in [1.165, 1.54) is 32.1 Å². The Hall–Kier alpha value is -4.71. The predicted octanol–water partition coefficient (Wildman–Crippen LogP) is 18.8. The van der Waals surface area contributed by atoms with Gasteiger partial charge in [0.2, 0.25) is 0 Å². The van der Waals surface area contributed by atoms with E-state index >= 15 is 0 Å². The standard InChI is InChI=1S/C64H100O6/c1-4-7-10-13-16-19-21-23-25-27-29-30-31-32-33-34-36-37-39-41-43-45-48-51-54-57-63(66)69-60-61(59-68-62(65)56-53-50-47-18-15-12-9-6-3)70-64(67)58-55-52-49-46-44-42-40-38-35-28-26-24-22-20-17-14-11-8-5-2/h7-8,10-11,16-17,19-20,23-26,29-30,32-33,35-38,41-44,61H,4-6,9,12-15,18,21-22,27-28,31,34,39-40,45-60H2,1-3H3/b10-7-,11-8-,19-16-,20-17-,25-23-,26-24-,30-29-,33-32-,37-36-,38-35-,43-41-,44-42-. The molecule has 0 saturated heterocycles. The minimum atomic E-state index is -0.813. The van der Waals surface area contributed by atoms with Crippen LogP contribution in [0, 0.1) is 0 Å². The van der Waals surface area contributed by atoms with E-state index in [-0.39, 0.29) is 37.5 Å². The fraction of sp³-hybridized carbons (Fsp3) is 0.578. The number of rotatable bonds is 48. The van der Waals surface area contributed by atoms with Crippen LogP contribution in [0.2, 0.25) is 0 Å². The molecular weight excluding hydrogens is 865 g/mol. The quantitative estimate of drug-likeness (QED) is 0.0262. The van der Waals surface area contributed by atoms with Crippen molar-refractivity contribution >= 4 is 17.9 Å². The summed E-state index contributed by atoms with van der Waals surface area (Å²) in [5.41, 5.74) is 0. The first-order chi connectivity index (χ1) is 34.5. The van der Waals surface area contributed by atoms with Crippen LogP contribution in [0.1, 0.15) is 220 Å². The van der Waals surface area contributed by atoms with Gasteiger partial charge in [-0.3, -0.25) is 14.4 Å². The van der Waals surface area contributed by atoms with Crippen molar-refractivity contribution in [3.63, 3.8) is 0 Å². The molecule has 1 unspecified atom stereocenters. The van der Waals surface area contributed by atoms with Gasteiger partial charge in [0, 0.05) is 19.3 Å². The molecule has 0 spiro atoms. The van der Waals surface area contributed by atoms with Crippen LogP contribution in [-0.2, 0) is 28.6 Å². The number of hydrogen-bond donors (Lipinski definition) is 0. The maximum atomic E-state index is 12.8. The number of ether oxygens (including phenoxy) is 3. The van der Waals surface area contributed by atoms with Crippen LogP contribution in [0.15, 0.2) is 146 Å². The van der Waals surface area contributed by atoms with Crippen LogP contribution in [0.4, 0.5) is 0 Å².